The fourth-order valence-electron chi connectivity index (χ4n) is 1.91. The third-order valence-electron chi connectivity index (χ3n) is 3.15. The largest absolute Gasteiger partial charge is 0.478 e. The molecule has 0 radical (unpaired) electrons. The van der Waals surface area contributed by atoms with E-state index in [1.807, 2.05) is 24.3 Å². The number of hydrogen-bond acceptors (Lipinski definition) is 3. The van der Waals surface area contributed by atoms with Gasteiger partial charge in [0.15, 0.2) is 11.6 Å². The van der Waals surface area contributed by atoms with Crippen molar-refractivity contribution in [2.75, 3.05) is 11.9 Å². The molecule has 0 atom stereocenters. The van der Waals surface area contributed by atoms with Crippen LogP contribution in [0.25, 0.3) is 0 Å². The predicted octanol–water partition coefficient (Wildman–Crippen LogP) is 3.25. The standard InChI is InChI=1S/C15H15FN2O2/c1-3-10-4-6-11(7-5-10)18(2)14-13(16)12(15(19)20)8-9-17-14/h4-9H,3H2,1-2H3,(H,19,20). The molecule has 0 aliphatic rings. The summed E-state index contributed by atoms with van der Waals surface area (Å²) in [6, 6.07) is 8.76. The molecule has 5 heteroatoms. The molecule has 104 valence electrons. The highest BCUT2D eigenvalue weighted by Gasteiger charge is 2.18. The first-order valence-electron chi connectivity index (χ1n) is 6.25. The Morgan fingerprint density at radius 1 is 1.30 bits per heavy atom. The fraction of sp³-hybridized carbons (Fsp3) is 0.200. The first-order valence-corrected chi connectivity index (χ1v) is 6.25. The van der Waals surface area contributed by atoms with E-state index in [0.717, 1.165) is 18.2 Å². The van der Waals surface area contributed by atoms with Crippen molar-refractivity contribution in [2.24, 2.45) is 0 Å². The molecule has 1 heterocycles. The highest BCUT2D eigenvalue weighted by atomic mass is 19.1. The van der Waals surface area contributed by atoms with Crippen LogP contribution in [-0.4, -0.2) is 23.1 Å². The van der Waals surface area contributed by atoms with E-state index in [1.54, 1.807) is 7.05 Å². The van der Waals surface area contributed by atoms with Crippen molar-refractivity contribution in [3.05, 3.63) is 53.5 Å². The molecule has 0 unspecified atom stereocenters. The van der Waals surface area contributed by atoms with E-state index in [2.05, 4.69) is 11.9 Å². The van der Waals surface area contributed by atoms with Crippen LogP contribution in [0.3, 0.4) is 0 Å². The highest BCUT2D eigenvalue weighted by molar-refractivity contribution is 5.89. The Labute approximate surface area is 116 Å². The minimum atomic E-state index is -1.30. The van der Waals surface area contributed by atoms with Crippen molar-refractivity contribution in [1.82, 2.24) is 4.98 Å². The third kappa shape index (κ3) is 2.61. The topological polar surface area (TPSA) is 53.4 Å². The Morgan fingerprint density at radius 2 is 1.95 bits per heavy atom. The summed E-state index contributed by atoms with van der Waals surface area (Å²) in [4.78, 5) is 16.4. The van der Waals surface area contributed by atoms with Crippen LogP contribution in [0.2, 0.25) is 0 Å². The summed E-state index contributed by atoms with van der Waals surface area (Å²) in [6.45, 7) is 2.05. The molecular formula is C15H15FN2O2. The normalized spacial score (nSPS) is 10.3. The summed E-state index contributed by atoms with van der Waals surface area (Å²) in [5.74, 6) is -2.14. The Balaban J connectivity index is 2.39. The molecule has 2 rings (SSSR count). The summed E-state index contributed by atoms with van der Waals surface area (Å²) >= 11 is 0. The van der Waals surface area contributed by atoms with Gasteiger partial charge in [-0.25, -0.2) is 14.2 Å². The van der Waals surface area contributed by atoms with E-state index in [4.69, 9.17) is 5.11 Å². The summed E-state index contributed by atoms with van der Waals surface area (Å²) in [7, 11) is 1.65. The zero-order chi connectivity index (χ0) is 14.7. The summed E-state index contributed by atoms with van der Waals surface area (Å²) in [6.07, 6.45) is 2.21. The summed E-state index contributed by atoms with van der Waals surface area (Å²) in [5.41, 5.74) is 1.54. The number of carboxylic acids is 1. The van der Waals surface area contributed by atoms with Crippen LogP contribution < -0.4 is 4.90 Å². The number of rotatable bonds is 4. The number of carbonyl (C=O) groups is 1. The van der Waals surface area contributed by atoms with Crippen molar-refractivity contribution in [3.8, 4) is 0 Å². The van der Waals surface area contributed by atoms with Crippen LogP contribution in [0.15, 0.2) is 36.5 Å². The minimum Gasteiger partial charge on any atom is -0.478 e. The number of carboxylic acid groups (broad SMARTS) is 1. The van der Waals surface area contributed by atoms with Crippen LogP contribution in [0.4, 0.5) is 15.9 Å². The molecule has 1 aromatic carbocycles. The number of anilines is 2. The lowest BCUT2D eigenvalue weighted by atomic mass is 10.1. The first-order chi connectivity index (χ1) is 9.54. The number of hydrogen-bond donors (Lipinski definition) is 1. The smallest absolute Gasteiger partial charge is 0.338 e. The molecule has 0 aliphatic heterocycles. The minimum absolute atomic E-state index is 0.00542. The van der Waals surface area contributed by atoms with Gasteiger partial charge in [0, 0.05) is 18.9 Å². The zero-order valence-corrected chi connectivity index (χ0v) is 11.3. The second-order valence-electron chi connectivity index (χ2n) is 4.38. The average molecular weight is 274 g/mol. The maximum absolute atomic E-state index is 14.1. The zero-order valence-electron chi connectivity index (χ0n) is 11.3. The van der Waals surface area contributed by atoms with Crippen molar-refractivity contribution in [1.29, 1.82) is 0 Å². The van der Waals surface area contributed by atoms with Crippen molar-refractivity contribution in [2.45, 2.75) is 13.3 Å². The van der Waals surface area contributed by atoms with E-state index in [1.165, 1.54) is 16.7 Å². The maximum atomic E-state index is 14.1. The van der Waals surface area contributed by atoms with E-state index in [9.17, 15) is 9.18 Å². The Kier molecular flexibility index (Phi) is 3.98. The van der Waals surface area contributed by atoms with Gasteiger partial charge < -0.3 is 10.0 Å². The monoisotopic (exact) mass is 274 g/mol. The lowest BCUT2D eigenvalue weighted by molar-refractivity contribution is 0.0692. The average Bonchev–Trinajstić information content (AvgIpc) is 2.46. The van der Waals surface area contributed by atoms with Gasteiger partial charge in [-0.3, -0.25) is 0 Å². The molecule has 1 aromatic heterocycles. The first kappa shape index (κ1) is 14.0. The fourth-order valence-corrected chi connectivity index (χ4v) is 1.91. The molecule has 0 saturated heterocycles. The molecule has 20 heavy (non-hydrogen) atoms. The number of aromatic nitrogens is 1. The molecular weight excluding hydrogens is 259 g/mol. The molecule has 0 amide bonds. The van der Waals surface area contributed by atoms with Gasteiger partial charge in [0.05, 0.1) is 0 Å². The third-order valence-corrected chi connectivity index (χ3v) is 3.15. The molecule has 0 bridgehead atoms. The van der Waals surface area contributed by atoms with Crippen LogP contribution >= 0.6 is 0 Å². The van der Waals surface area contributed by atoms with E-state index < -0.39 is 11.8 Å². The van der Waals surface area contributed by atoms with E-state index in [-0.39, 0.29) is 11.4 Å². The van der Waals surface area contributed by atoms with Gasteiger partial charge in [0.2, 0.25) is 0 Å². The summed E-state index contributed by atoms with van der Waals surface area (Å²) in [5, 5.41) is 8.92. The molecule has 2 aromatic rings. The number of benzene rings is 1. The van der Waals surface area contributed by atoms with Gasteiger partial charge in [0.25, 0.3) is 0 Å². The van der Waals surface area contributed by atoms with E-state index in [0.29, 0.717) is 0 Å². The van der Waals surface area contributed by atoms with Gasteiger partial charge in [-0.2, -0.15) is 0 Å². The SMILES string of the molecule is CCc1ccc(N(C)c2nccc(C(=O)O)c2F)cc1. The maximum Gasteiger partial charge on any atom is 0.338 e. The number of aromatic carboxylic acids is 1. The van der Waals surface area contributed by atoms with Gasteiger partial charge >= 0.3 is 5.97 Å². The molecule has 4 nitrogen and oxygen atoms in total. The lowest BCUT2D eigenvalue weighted by Crippen LogP contribution is -2.15. The number of aryl methyl sites for hydroxylation is 1. The lowest BCUT2D eigenvalue weighted by Gasteiger charge is -2.19. The van der Waals surface area contributed by atoms with Crippen LogP contribution in [0.5, 0.6) is 0 Å². The van der Waals surface area contributed by atoms with E-state index >= 15 is 0 Å². The highest BCUT2D eigenvalue weighted by Crippen LogP contribution is 2.26. The second-order valence-corrected chi connectivity index (χ2v) is 4.38. The number of pyridine rings is 1. The predicted molar refractivity (Wildman–Crippen MR) is 75.0 cm³/mol. The summed E-state index contributed by atoms with van der Waals surface area (Å²) < 4.78 is 14.1. The van der Waals surface area contributed by atoms with Crippen molar-refractivity contribution >= 4 is 17.5 Å². The molecule has 0 saturated carbocycles. The number of halogens is 1. The quantitative estimate of drug-likeness (QED) is 0.929. The Bertz CT molecular complexity index is 626. The Morgan fingerprint density at radius 3 is 2.50 bits per heavy atom. The van der Waals surface area contributed by atoms with Crippen molar-refractivity contribution in [3.63, 3.8) is 0 Å². The number of nitrogens with zero attached hydrogens (tertiary/aromatic N) is 2. The second kappa shape index (κ2) is 5.69. The van der Waals surface area contributed by atoms with Crippen molar-refractivity contribution < 1.29 is 14.3 Å². The molecule has 0 fully saturated rings. The van der Waals surface area contributed by atoms with Crippen LogP contribution in [-0.2, 0) is 6.42 Å². The van der Waals surface area contributed by atoms with Crippen LogP contribution in [0.1, 0.15) is 22.8 Å². The Hall–Kier alpha value is -2.43. The van der Waals surface area contributed by atoms with Gasteiger partial charge in [-0.05, 0) is 30.2 Å². The van der Waals surface area contributed by atoms with Crippen LogP contribution in [0, 0.1) is 5.82 Å². The van der Waals surface area contributed by atoms with Gasteiger partial charge in [0.1, 0.15) is 5.56 Å². The van der Waals surface area contributed by atoms with Gasteiger partial charge in [-0.15, -0.1) is 0 Å². The van der Waals surface area contributed by atoms with Gasteiger partial charge in [-0.1, -0.05) is 19.1 Å². The molecule has 0 spiro atoms. The molecule has 1 N–H and O–H groups in total. The molecule has 0 aliphatic carbocycles.